The monoisotopic (exact) mass is 316 g/mol. The maximum Gasteiger partial charge on any atom is 0.265 e. The van der Waals surface area contributed by atoms with Crippen molar-refractivity contribution in [3.05, 3.63) is 24.3 Å². The molecule has 0 radical (unpaired) electrons. The predicted molar refractivity (Wildman–Crippen MR) is 88.5 cm³/mol. The summed E-state index contributed by atoms with van der Waals surface area (Å²) in [5.74, 6) is 0.649. The molecular weight excluding hydrogens is 292 g/mol. The summed E-state index contributed by atoms with van der Waals surface area (Å²) in [7, 11) is 0. The SMILES string of the molecule is O=C(CCN1C(=O)COc2ccccc21)NC1CCCCCC1. The number of fused-ring (bicyclic) bond motifs is 1. The van der Waals surface area contributed by atoms with Crippen LogP contribution in [0.25, 0.3) is 0 Å². The van der Waals surface area contributed by atoms with Crippen LogP contribution in [0.5, 0.6) is 5.75 Å². The third-order valence-electron chi connectivity index (χ3n) is 4.59. The Balaban J connectivity index is 1.55. The van der Waals surface area contributed by atoms with E-state index in [1.165, 1.54) is 25.7 Å². The van der Waals surface area contributed by atoms with Crippen molar-refractivity contribution in [2.45, 2.75) is 51.0 Å². The molecule has 0 atom stereocenters. The molecule has 3 rings (SSSR count). The van der Waals surface area contributed by atoms with E-state index in [2.05, 4.69) is 5.32 Å². The summed E-state index contributed by atoms with van der Waals surface area (Å²) >= 11 is 0. The van der Waals surface area contributed by atoms with Crippen molar-refractivity contribution in [2.24, 2.45) is 0 Å². The maximum atomic E-state index is 12.2. The van der Waals surface area contributed by atoms with Crippen molar-refractivity contribution < 1.29 is 14.3 Å². The van der Waals surface area contributed by atoms with Gasteiger partial charge in [0.25, 0.3) is 5.91 Å². The van der Waals surface area contributed by atoms with Gasteiger partial charge in [0.1, 0.15) is 5.75 Å². The predicted octanol–water partition coefficient (Wildman–Crippen LogP) is 2.64. The van der Waals surface area contributed by atoms with E-state index in [0.717, 1.165) is 18.5 Å². The van der Waals surface area contributed by atoms with Gasteiger partial charge < -0.3 is 15.0 Å². The van der Waals surface area contributed by atoms with Crippen molar-refractivity contribution in [3.63, 3.8) is 0 Å². The van der Waals surface area contributed by atoms with E-state index >= 15 is 0 Å². The van der Waals surface area contributed by atoms with Gasteiger partial charge in [0.05, 0.1) is 5.69 Å². The number of nitrogens with one attached hydrogen (secondary N) is 1. The van der Waals surface area contributed by atoms with Gasteiger partial charge in [-0.1, -0.05) is 37.8 Å². The number of hydrogen-bond donors (Lipinski definition) is 1. The fourth-order valence-electron chi connectivity index (χ4n) is 3.34. The normalized spacial score (nSPS) is 18.8. The van der Waals surface area contributed by atoms with Crippen LogP contribution in [0.2, 0.25) is 0 Å². The quantitative estimate of drug-likeness (QED) is 0.869. The Bertz CT molecular complexity index is 565. The van der Waals surface area contributed by atoms with Crippen molar-refractivity contribution >= 4 is 17.5 Å². The first-order valence-corrected chi connectivity index (χ1v) is 8.55. The van der Waals surface area contributed by atoms with Crippen LogP contribution in [0, 0.1) is 0 Å². The molecule has 0 spiro atoms. The van der Waals surface area contributed by atoms with Gasteiger partial charge >= 0.3 is 0 Å². The molecule has 5 nitrogen and oxygen atoms in total. The molecule has 1 N–H and O–H groups in total. The minimum Gasteiger partial charge on any atom is -0.482 e. The number of carbonyl (C=O) groups excluding carboxylic acids is 2. The molecule has 0 bridgehead atoms. The third kappa shape index (κ3) is 4.03. The van der Waals surface area contributed by atoms with Crippen molar-refractivity contribution in [1.82, 2.24) is 5.32 Å². The lowest BCUT2D eigenvalue weighted by Crippen LogP contribution is -2.42. The maximum absolute atomic E-state index is 12.2. The van der Waals surface area contributed by atoms with Gasteiger partial charge in [-0.25, -0.2) is 0 Å². The first-order chi connectivity index (χ1) is 11.2. The van der Waals surface area contributed by atoms with Crippen molar-refractivity contribution in [3.8, 4) is 5.75 Å². The summed E-state index contributed by atoms with van der Waals surface area (Å²) in [6, 6.07) is 7.76. The highest BCUT2D eigenvalue weighted by Gasteiger charge is 2.25. The number of benzene rings is 1. The van der Waals surface area contributed by atoms with Gasteiger partial charge in [0.2, 0.25) is 5.91 Å². The first kappa shape index (κ1) is 15.8. The van der Waals surface area contributed by atoms with Gasteiger partial charge in [-0.15, -0.1) is 0 Å². The Hall–Kier alpha value is -2.04. The number of anilines is 1. The van der Waals surface area contributed by atoms with E-state index in [1.54, 1.807) is 4.90 Å². The van der Waals surface area contributed by atoms with E-state index in [-0.39, 0.29) is 18.4 Å². The molecule has 1 aromatic rings. The van der Waals surface area contributed by atoms with E-state index in [0.29, 0.717) is 24.8 Å². The Kier molecular flexibility index (Phi) is 5.16. The van der Waals surface area contributed by atoms with Gasteiger partial charge in [0.15, 0.2) is 6.61 Å². The number of carbonyl (C=O) groups is 2. The van der Waals surface area contributed by atoms with Crippen LogP contribution in [0.15, 0.2) is 24.3 Å². The zero-order chi connectivity index (χ0) is 16.1. The molecule has 124 valence electrons. The number of para-hydroxylation sites is 2. The van der Waals surface area contributed by atoms with Gasteiger partial charge in [-0.05, 0) is 25.0 Å². The van der Waals surface area contributed by atoms with E-state index in [4.69, 9.17) is 4.74 Å². The lowest BCUT2D eigenvalue weighted by atomic mass is 10.1. The van der Waals surface area contributed by atoms with Gasteiger partial charge in [0, 0.05) is 19.0 Å². The average molecular weight is 316 g/mol. The minimum atomic E-state index is -0.0917. The summed E-state index contributed by atoms with van der Waals surface area (Å²) < 4.78 is 5.42. The molecule has 1 fully saturated rings. The minimum absolute atomic E-state index is 0.0358. The van der Waals surface area contributed by atoms with Crippen LogP contribution in [-0.2, 0) is 9.59 Å². The highest BCUT2D eigenvalue weighted by atomic mass is 16.5. The molecule has 1 aromatic carbocycles. The number of hydrogen-bond acceptors (Lipinski definition) is 3. The summed E-state index contributed by atoms with van der Waals surface area (Å²) in [4.78, 5) is 25.9. The number of amides is 2. The molecular formula is C18H24N2O3. The Morgan fingerprint density at radius 1 is 1.17 bits per heavy atom. The highest BCUT2D eigenvalue weighted by molar-refractivity contribution is 5.98. The molecule has 1 aliphatic carbocycles. The molecule has 5 heteroatoms. The molecule has 1 aliphatic heterocycles. The fourth-order valence-corrected chi connectivity index (χ4v) is 3.34. The number of ether oxygens (including phenoxy) is 1. The zero-order valence-electron chi connectivity index (χ0n) is 13.4. The van der Waals surface area contributed by atoms with Crippen LogP contribution in [0.1, 0.15) is 44.9 Å². The number of nitrogens with zero attached hydrogens (tertiary/aromatic N) is 1. The van der Waals surface area contributed by atoms with Gasteiger partial charge in [-0.3, -0.25) is 9.59 Å². The molecule has 0 unspecified atom stereocenters. The summed E-state index contributed by atoms with van der Waals surface area (Å²) in [5.41, 5.74) is 0.756. The molecule has 0 aromatic heterocycles. The van der Waals surface area contributed by atoms with Crippen LogP contribution in [0.4, 0.5) is 5.69 Å². The lowest BCUT2D eigenvalue weighted by Gasteiger charge is -2.29. The Morgan fingerprint density at radius 2 is 1.91 bits per heavy atom. The number of rotatable bonds is 4. The summed E-state index contributed by atoms with van der Waals surface area (Å²) in [6.45, 7) is 0.443. The second-order valence-electron chi connectivity index (χ2n) is 6.31. The zero-order valence-corrected chi connectivity index (χ0v) is 13.4. The van der Waals surface area contributed by atoms with Crippen LogP contribution >= 0.6 is 0 Å². The third-order valence-corrected chi connectivity index (χ3v) is 4.59. The molecule has 1 saturated carbocycles. The van der Waals surface area contributed by atoms with E-state index in [9.17, 15) is 9.59 Å². The standard InChI is InChI=1S/C18H24N2O3/c21-17(19-14-7-3-1-2-4-8-14)11-12-20-15-9-5-6-10-16(15)23-13-18(20)22/h5-6,9-10,14H,1-4,7-8,11-13H2,(H,19,21). The van der Waals surface area contributed by atoms with Gasteiger partial charge in [-0.2, -0.15) is 0 Å². The fraction of sp³-hybridized carbons (Fsp3) is 0.556. The molecule has 2 aliphatic rings. The molecule has 2 amide bonds. The van der Waals surface area contributed by atoms with E-state index < -0.39 is 0 Å². The Morgan fingerprint density at radius 3 is 2.70 bits per heavy atom. The van der Waals surface area contributed by atoms with Crippen molar-refractivity contribution in [2.75, 3.05) is 18.1 Å². The lowest BCUT2D eigenvalue weighted by molar-refractivity contribution is -0.122. The summed E-state index contributed by atoms with van der Waals surface area (Å²) in [5, 5.41) is 3.13. The van der Waals surface area contributed by atoms with E-state index in [1.807, 2.05) is 24.3 Å². The largest absolute Gasteiger partial charge is 0.482 e. The highest BCUT2D eigenvalue weighted by Crippen LogP contribution is 2.31. The second kappa shape index (κ2) is 7.49. The second-order valence-corrected chi connectivity index (χ2v) is 6.31. The average Bonchev–Trinajstić information content (AvgIpc) is 2.82. The topological polar surface area (TPSA) is 58.6 Å². The molecule has 0 saturated heterocycles. The van der Waals surface area contributed by atoms with Crippen molar-refractivity contribution in [1.29, 1.82) is 0 Å². The first-order valence-electron chi connectivity index (χ1n) is 8.55. The summed E-state index contributed by atoms with van der Waals surface area (Å²) in [6.07, 6.45) is 7.41. The van der Waals surface area contributed by atoms with Crippen LogP contribution in [0.3, 0.4) is 0 Å². The molecule has 1 heterocycles. The molecule has 23 heavy (non-hydrogen) atoms. The smallest absolute Gasteiger partial charge is 0.265 e. The van der Waals surface area contributed by atoms with Crippen LogP contribution in [-0.4, -0.2) is 31.0 Å². The van der Waals surface area contributed by atoms with Crippen LogP contribution < -0.4 is 15.0 Å². The Labute approximate surface area is 137 Å².